The molecule has 3 rings (SSSR count). The molecule has 0 spiro atoms. The van der Waals surface area contributed by atoms with Gasteiger partial charge >= 0.3 is 5.97 Å². The summed E-state index contributed by atoms with van der Waals surface area (Å²) in [5.74, 6) is 1.23. The summed E-state index contributed by atoms with van der Waals surface area (Å²) in [5.41, 5.74) is 2.58. The van der Waals surface area contributed by atoms with Crippen LogP contribution >= 0.6 is 0 Å². The van der Waals surface area contributed by atoms with Gasteiger partial charge in [-0.15, -0.1) is 0 Å². The molecule has 0 aliphatic heterocycles. The molecule has 0 saturated carbocycles. The molecule has 0 fully saturated rings. The standard InChI is InChI=1S/C19H21N3O4/c1-6-25-19(23)15-12(3)26-18-16(15)17(20-10-21-18)22(4)13-9-11(2)7-8-14(13)24-5/h7-10H,6H2,1-5H3. The van der Waals surface area contributed by atoms with Gasteiger partial charge in [0.05, 0.1) is 24.8 Å². The minimum Gasteiger partial charge on any atom is -0.495 e. The fraction of sp³-hybridized carbons (Fsp3) is 0.316. The fourth-order valence-corrected chi connectivity index (χ4v) is 2.91. The van der Waals surface area contributed by atoms with E-state index < -0.39 is 5.97 Å². The molecular weight excluding hydrogens is 334 g/mol. The first kappa shape index (κ1) is 17.7. The molecule has 2 aromatic heterocycles. The summed E-state index contributed by atoms with van der Waals surface area (Å²) in [7, 11) is 3.47. The summed E-state index contributed by atoms with van der Waals surface area (Å²) in [6, 6.07) is 5.86. The quantitative estimate of drug-likeness (QED) is 0.644. The number of hydrogen-bond donors (Lipinski definition) is 0. The summed E-state index contributed by atoms with van der Waals surface area (Å²) >= 11 is 0. The maximum atomic E-state index is 12.4. The lowest BCUT2D eigenvalue weighted by atomic mass is 10.1. The van der Waals surface area contributed by atoms with Gasteiger partial charge in [-0.3, -0.25) is 0 Å². The number of furan rings is 1. The van der Waals surface area contributed by atoms with Crippen molar-refractivity contribution in [3.05, 3.63) is 41.4 Å². The zero-order valence-electron chi connectivity index (χ0n) is 15.5. The number of anilines is 2. The highest BCUT2D eigenvalue weighted by Gasteiger charge is 2.26. The van der Waals surface area contributed by atoms with Crippen LogP contribution in [0, 0.1) is 13.8 Å². The topological polar surface area (TPSA) is 77.7 Å². The summed E-state index contributed by atoms with van der Waals surface area (Å²) in [4.78, 5) is 22.9. The number of carbonyl (C=O) groups is 1. The number of fused-ring (bicyclic) bond motifs is 1. The average Bonchev–Trinajstić information content (AvgIpc) is 2.97. The van der Waals surface area contributed by atoms with Crippen LogP contribution in [0.1, 0.15) is 28.6 Å². The molecule has 1 aromatic carbocycles. The highest BCUT2D eigenvalue weighted by molar-refractivity contribution is 6.08. The third kappa shape index (κ3) is 2.96. The van der Waals surface area contributed by atoms with Crippen molar-refractivity contribution in [3.8, 4) is 5.75 Å². The van der Waals surface area contributed by atoms with E-state index >= 15 is 0 Å². The summed E-state index contributed by atoms with van der Waals surface area (Å²) in [6.45, 7) is 5.75. The largest absolute Gasteiger partial charge is 0.495 e. The predicted molar refractivity (Wildman–Crippen MR) is 98.3 cm³/mol. The van der Waals surface area contributed by atoms with Gasteiger partial charge in [-0.05, 0) is 38.5 Å². The van der Waals surface area contributed by atoms with Crippen LogP contribution in [0.4, 0.5) is 11.5 Å². The van der Waals surface area contributed by atoms with Crippen molar-refractivity contribution in [2.75, 3.05) is 25.7 Å². The lowest BCUT2D eigenvalue weighted by molar-refractivity contribution is 0.0526. The highest BCUT2D eigenvalue weighted by atomic mass is 16.5. The lowest BCUT2D eigenvalue weighted by Gasteiger charge is -2.22. The van der Waals surface area contributed by atoms with E-state index in [0.29, 0.717) is 34.0 Å². The zero-order chi connectivity index (χ0) is 18.8. The number of aromatic nitrogens is 2. The maximum Gasteiger partial charge on any atom is 0.342 e. The molecule has 0 radical (unpaired) electrons. The minimum absolute atomic E-state index is 0.273. The van der Waals surface area contributed by atoms with E-state index in [9.17, 15) is 4.79 Å². The zero-order valence-corrected chi connectivity index (χ0v) is 15.5. The molecule has 3 aromatic rings. The number of nitrogens with zero attached hydrogens (tertiary/aromatic N) is 3. The van der Waals surface area contributed by atoms with Crippen LogP contribution in [-0.4, -0.2) is 36.7 Å². The first-order valence-electron chi connectivity index (χ1n) is 8.27. The Morgan fingerprint density at radius 2 is 2.04 bits per heavy atom. The average molecular weight is 355 g/mol. The molecule has 0 aliphatic rings. The summed E-state index contributed by atoms with van der Waals surface area (Å²) in [6.07, 6.45) is 1.41. The lowest BCUT2D eigenvalue weighted by Crippen LogP contribution is -2.14. The van der Waals surface area contributed by atoms with Crippen molar-refractivity contribution < 1.29 is 18.7 Å². The Morgan fingerprint density at radius 3 is 2.73 bits per heavy atom. The molecule has 7 heteroatoms. The van der Waals surface area contributed by atoms with Crippen LogP contribution in [0.2, 0.25) is 0 Å². The monoisotopic (exact) mass is 355 g/mol. The molecule has 0 N–H and O–H groups in total. The fourth-order valence-electron chi connectivity index (χ4n) is 2.91. The number of methoxy groups -OCH3 is 1. The van der Waals surface area contributed by atoms with Crippen molar-refractivity contribution in [2.24, 2.45) is 0 Å². The summed E-state index contributed by atoms with van der Waals surface area (Å²) in [5, 5.41) is 0.523. The van der Waals surface area contributed by atoms with E-state index in [1.807, 2.05) is 37.1 Å². The van der Waals surface area contributed by atoms with Gasteiger partial charge in [0.2, 0.25) is 5.71 Å². The molecule has 2 heterocycles. The number of benzene rings is 1. The van der Waals surface area contributed by atoms with E-state index in [-0.39, 0.29) is 6.61 Å². The number of ether oxygens (including phenoxy) is 2. The molecular formula is C19H21N3O4. The normalized spacial score (nSPS) is 10.8. The van der Waals surface area contributed by atoms with E-state index in [2.05, 4.69) is 9.97 Å². The highest BCUT2D eigenvalue weighted by Crippen LogP contribution is 2.38. The van der Waals surface area contributed by atoms with Crippen LogP contribution in [-0.2, 0) is 4.74 Å². The first-order chi connectivity index (χ1) is 12.5. The molecule has 0 amide bonds. The Kier molecular flexibility index (Phi) is 4.79. The Labute approximate surface area is 151 Å². The Morgan fingerprint density at radius 1 is 1.27 bits per heavy atom. The van der Waals surface area contributed by atoms with Gasteiger partial charge in [-0.1, -0.05) is 6.07 Å². The van der Waals surface area contributed by atoms with Crippen LogP contribution in [0.3, 0.4) is 0 Å². The van der Waals surface area contributed by atoms with Crippen LogP contribution in [0.15, 0.2) is 28.9 Å². The van der Waals surface area contributed by atoms with Crippen LogP contribution in [0.5, 0.6) is 5.75 Å². The Balaban J connectivity index is 2.22. The number of carbonyl (C=O) groups excluding carboxylic acids is 1. The third-order valence-corrected chi connectivity index (χ3v) is 4.14. The SMILES string of the molecule is CCOC(=O)c1c(C)oc2ncnc(N(C)c3cc(C)ccc3OC)c12. The van der Waals surface area contributed by atoms with Crippen molar-refractivity contribution in [1.82, 2.24) is 9.97 Å². The van der Waals surface area contributed by atoms with Gasteiger partial charge in [0.15, 0.2) is 0 Å². The van der Waals surface area contributed by atoms with Gasteiger partial charge in [0, 0.05) is 7.05 Å². The Bertz CT molecular complexity index is 965. The molecule has 136 valence electrons. The molecule has 0 bridgehead atoms. The maximum absolute atomic E-state index is 12.4. The third-order valence-electron chi connectivity index (χ3n) is 4.14. The van der Waals surface area contributed by atoms with Gasteiger partial charge in [0.1, 0.15) is 29.2 Å². The molecule has 7 nitrogen and oxygen atoms in total. The van der Waals surface area contributed by atoms with Gasteiger partial charge in [-0.25, -0.2) is 14.8 Å². The number of rotatable bonds is 5. The van der Waals surface area contributed by atoms with E-state index in [0.717, 1.165) is 11.3 Å². The molecule has 0 atom stereocenters. The molecule has 0 saturated heterocycles. The first-order valence-corrected chi connectivity index (χ1v) is 8.27. The predicted octanol–water partition coefficient (Wildman–Crippen LogP) is 3.79. The van der Waals surface area contributed by atoms with Crippen molar-refractivity contribution in [3.63, 3.8) is 0 Å². The number of hydrogen-bond acceptors (Lipinski definition) is 7. The number of aryl methyl sites for hydroxylation is 2. The Hall–Kier alpha value is -3.09. The van der Waals surface area contributed by atoms with Crippen molar-refractivity contribution >= 4 is 28.6 Å². The second-order valence-electron chi connectivity index (χ2n) is 5.87. The second kappa shape index (κ2) is 7.03. The van der Waals surface area contributed by atoms with Crippen molar-refractivity contribution in [2.45, 2.75) is 20.8 Å². The van der Waals surface area contributed by atoms with E-state index in [1.54, 1.807) is 21.0 Å². The molecule has 26 heavy (non-hydrogen) atoms. The molecule has 0 unspecified atom stereocenters. The van der Waals surface area contributed by atoms with E-state index in [4.69, 9.17) is 13.9 Å². The smallest absolute Gasteiger partial charge is 0.342 e. The van der Waals surface area contributed by atoms with Crippen LogP contribution < -0.4 is 9.64 Å². The van der Waals surface area contributed by atoms with E-state index in [1.165, 1.54) is 6.33 Å². The number of esters is 1. The second-order valence-corrected chi connectivity index (χ2v) is 5.87. The van der Waals surface area contributed by atoms with Gasteiger partial charge < -0.3 is 18.8 Å². The molecule has 0 aliphatic carbocycles. The van der Waals surface area contributed by atoms with Crippen molar-refractivity contribution in [1.29, 1.82) is 0 Å². The van der Waals surface area contributed by atoms with Gasteiger partial charge in [-0.2, -0.15) is 0 Å². The summed E-state index contributed by atoms with van der Waals surface area (Å²) < 4.78 is 16.3. The minimum atomic E-state index is -0.454. The van der Waals surface area contributed by atoms with Crippen LogP contribution in [0.25, 0.3) is 11.1 Å². The van der Waals surface area contributed by atoms with Gasteiger partial charge in [0.25, 0.3) is 0 Å².